The number of aryl methyl sites for hydroxylation is 5. The summed E-state index contributed by atoms with van der Waals surface area (Å²) < 4.78 is 131. The van der Waals surface area contributed by atoms with Gasteiger partial charge in [-0.1, -0.05) is 30.8 Å². The third kappa shape index (κ3) is 21.0. The molecule has 3 fully saturated rings. The molecule has 7 aliphatic rings. The highest BCUT2D eigenvalue weighted by atomic mass is 32.2. The number of benzene rings is 2. The standard InChI is InChI=1S/C23H28N6O3S.C23H29N5O4S.C20H23N5O5S.C19H21N5O5S/c1-24-21-14-17(11-12-25-21)20-10-9-16-6-4-8-19(16)22(20)26-23(30)27-33(31,32)29(3)15-18-7-5-13-28(18)2;1-27-11-9-17-13-28(14-20(17)27)33(30,31)26-23(29)25-22-18-5-3-4-15(18)6-7-19(22)16-8-10-24-21(12-16)32-2;1-12-9-14(7-8-21-12)25-18(15-5-4-6-16(15)23-25)22-19(26)24-31(28,29)17-10-13(11-30-17)20(2,3)27;1-19(2,26)12-10-16(29-11-12)30(27,28)23-18(25)21-17-14-4-3-5-15(14)22-24(17)13-6-8-20-9-7-13/h9-12,14,18H,4-8,13,15H2,2-3H3,(H2,26,27,30);6-8,10,12,17,20H,3-5,9,11,13-14H2,1-2H3,(H2,25,26,29);7-11,27H,4-6H2,1-3H3,(H2,22,24,26);6-11,26H,3-5H2,1-2H3,(H2,21,23,25). The lowest BCUT2D eigenvalue weighted by Crippen LogP contribution is -2.47. The van der Waals surface area contributed by atoms with Gasteiger partial charge in [-0.25, -0.2) is 52.4 Å². The topological polar surface area (TPSA) is 482 Å². The molecule has 10 aromatic rings. The summed E-state index contributed by atoms with van der Waals surface area (Å²) in [5.41, 5.74) is 12.4. The first-order chi connectivity index (χ1) is 60.3. The van der Waals surface area contributed by atoms with Gasteiger partial charge in [-0.3, -0.25) is 20.6 Å². The van der Waals surface area contributed by atoms with E-state index in [1.165, 1.54) is 61.0 Å². The largest absolute Gasteiger partial charge is 0.481 e. The number of hydrogen-bond acceptors (Lipinski definition) is 25. The van der Waals surface area contributed by atoms with Crippen molar-refractivity contribution >= 4 is 93.4 Å². The Morgan fingerprint density at radius 2 is 1.06 bits per heavy atom. The lowest BCUT2D eigenvalue weighted by molar-refractivity contribution is 0.0773. The summed E-state index contributed by atoms with van der Waals surface area (Å²) in [6, 6.07) is 21.4. The molecule has 8 amide bonds. The number of carbonyl (C=O) groups excluding carboxylic acids is 4. The Labute approximate surface area is 736 Å². The van der Waals surface area contributed by atoms with E-state index in [4.69, 9.17) is 20.1 Å². The number of pyridine rings is 4. The van der Waals surface area contributed by atoms with Gasteiger partial charge in [0.15, 0.2) is 0 Å². The van der Waals surface area contributed by atoms with Crippen LogP contribution in [0.5, 0.6) is 5.88 Å². The number of nitrogens with zero attached hydrogens (tertiary/aromatic N) is 13. The molecule has 2 aromatic carbocycles. The van der Waals surface area contributed by atoms with Crippen molar-refractivity contribution in [2.75, 3.05) is 82.2 Å². The zero-order chi connectivity index (χ0) is 90.7. The van der Waals surface area contributed by atoms with Crippen molar-refractivity contribution < 1.29 is 76.6 Å². The summed E-state index contributed by atoms with van der Waals surface area (Å²) >= 11 is 0. The molecule has 11 heterocycles. The van der Waals surface area contributed by atoms with E-state index in [1.807, 2.05) is 60.8 Å². The molecule has 127 heavy (non-hydrogen) atoms. The minimum Gasteiger partial charge on any atom is -0.481 e. The number of fused-ring (bicyclic) bond motifs is 5. The van der Waals surface area contributed by atoms with Crippen LogP contribution in [0.15, 0.2) is 147 Å². The monoisotopic (exact) mass is 1820 g/mol. The molecule has 3 saturated heterocycles. The smallest absolute Gasteiger partial charge is 0.334 e. The van der Waals surface area contributed by atoms with E-state index in [0.29, 0.717) is 65.8 Å². The number of urea groups is 4. The minimum atomic E-state index is -4.28. The molecule has 0 spiro atoms. The maximum atomic E-state index is 13.0. The second kappa shape index (κ2) is 37.5. The van der Waals surface area contributed by atoms with E-state index in [-0.39, 0.29) is 29.0 Å². The van der Waals surface area contributed by atoms with Gasteiger partial charge in [0.1, 0.15) is 17.8 Å². The number of anilines is 4. The van der Waals surface area contributed by atoms with Crippen LogP contribution in [0, 0.1) is 19.4 Å². The second-order valence-corrected chi connectivity index (χ2v) is 39.8. The van der Waals surface area contributed by atoms with E-state index in [0.717, 1.165) is 189 Å². The number of furan rings is 2. The number of carbonyl (C=O) groups is 4. The highest BCUT2D eigenvalue weighted by molar-refractivity contribution is 7.90. The summed E-state index contributed by atoms with van der Waals surface area (Å²) in [5.74, 6) is 1.88. The molecule has 0 bridgehead atoms. The SMILES string of the molecule is CC(C)(O)c1coc(S(=O)(=O)NC(=O)Nc2c3c(nn2-c2ccncc2)CCC3)c1.COc1cc(-c2ccc3c(c2NC(=O)NS(=O)(=O)N2CC4CCN(C)C4C2)CCC3)ccn1.Cc1cc(-n2nc3c(c2NC(=O)NS(=O)(=O)c2cc(C(C)(C)O)co2)CCC3)ccn1.[C-]#[N+]c1cc(-c2ccc3c(c2NC(=O)NS(=O)(=O)N(C)CC2CCCN2C)CCC3)ccn1. The van der Waals surface area contributed by atoms with Crippen LogP contribution in [0.1, 0.15) is 134 Å². The van der Waals surface area contributed by atoms with Gasteiger partial charge in [-0.2, -0.15) is 52.5 Å². The van der Waals surface area contributed by atoms with Crippen LogP contribution in [0.25, 0.3) is 38.5 Å². The van der Waals surface area contributed by atoms with E-state index < -0.39 is 86.0 Å². The van der Waals surface area contributed by atoms with Crippen molar-refractivity contribution in [1.82, 2.24) is 76.8 Å². The Kier molecular flexibility index (Phi) is 26.9. The number of sulfonamides is 2. The zero-order valence-corrected chi connectivity index (χ0v) is 74.7. The number of methoxy groups -OCH3 is 1. The molecule has 3 aliphatic heterocycles. The molecule has 8 aromatic heterocycles. The zero-order valence-electron chi connectivity index (χ0n) is 71.5. The van der Waals surface area contributed by atoms with Crippen molar-refractivity contribution in [3.63, 3.8) is 0 Å². The quantitative estimate of drug-likeness (QED) is 0.0299. The summed E-state index contributed by atoms with van der Waals surface area (Å²) in [6.45, 7) is 18.2. The minimum absolute atomic E-state index is 0.141. The Hall–Kier alpha value is -12.1. The van der Waals surface area contributed by atoms with Gasteiger partial charge < -0.3 is 49.1 Å². The molecule has 10 N–H and O–H groups in total. The number of aliphatic hydroxyl groups is 2. The second-order valence-electron chi connectivity index (χ2n) is 33.1. The predicted molar refractivity (Wildman–Crippen MR) is 471 cm³/mol. The highest BCUT2D eigenvalue weighted by Crippen LogP contribution is 2.42. The summed E-state index contributed by atoms with van der Waals surface area (Å²) in [4.78, 5) is 75.0. The number of hydrogen-bond donors (Lipinski definition) is 10. The first kappa shape index (κ1) is 91.2. The summed E-state index contributed by atoms with van der Waals surface area (Å²) in [6.07, 6.45) is 23.6. The summed E-state index contributed by atoms with van der Waals surface area (Å²) in [5, 5.41) is 39.1. The highest BCUT2D eigenvalue weighted by Gasteiger charge is 2.45. The van der Waals surface area contributed by atoms with E-state index in [1.54, 1.807) is 83.9 Å². The van der Waals surface area contributed by atoms with Crippen LogP contribution in [-0.4, -0.2) is 199 Å². The van der Waals surface area contributed by atoms with Crippen LogP contribution in [-0.2, 0) is 103 Å². The molecule has 672 valence electrons. The van der Waals surface area contributed by atoms with Gasteiger partial charge in [-0.15, -0.1) is 4.98 Å². The van der Waals surface area contributed by atoms with Crippen molar-refractivity contribution in [1.29, 1.82) is 0 Å². The van der Waals surface area contributed by atoms with E-state index in [2.05, 4.69) is 81.6 Å². The molecule has 42 heteroatoms. The van der Waals surface area contributed by atoms with Crippen LogP contribution >= 0.6 is 0 Å². The molecule has 17 rings (SSSR count). The third-order valence-corrected chi connectivity index (χ3v) is 28.7. The Morgan fingerprint density at radius 1 is 0.559 bits per heavy atom. The number of nitrogens with one attached hydrogen (secondary N) is 8. The third-order valence-electron chi connectivity index (χ3n) is 23.5. The lowest BCUT2D eigenvalue weighted by Gasteiger charge is -2.25. The van der Waals surface area contributed by atoms with Gasteiger partial charge in [0.25, 0.3) is 25.9 Å². The Balaban J connectivity index is 0.000000137. The van der Waals surface area contributed by atoms with Gasteiger partial charge in [0.05, 0.1) is 65.0 Å². The first-order valence-corrected chi connectivity index (χ1v) is 47.2. The van der Waals surface area contributed by atoms with Crippen molar-refractivity contribution in [3.05, 3.63) is 201 Å². The fourth-order valence-electron chi connectivity index (χ4n) is 16.8. The number of amides is 8. The number of ether oxygens (including phenoxy) is 1. The lowest BCUT2D eigenvalue weighted by atomic mass is 9.98. The molecule has 0 radical (unpaired) electrons. The Bertz CT molecular complexity index is 6360. The van der Waals surface area contributed by atoms with Gasteiger partial charge in [-0.05, 0) is 240 Å². The molecule has 0 saturated carbocycles. The van der Waals surface area contributed by atoms with Crippen LogP contribution in [0.4, 0.5) is 48.0 Å². The predicted octanol–water partition coefficient (Wildman–Crippen LogP) is 9.91. The van der Waals surface area contributed by atoms with Gasteiger partial charge in [0.2, 0.25) is 16.1 Å². The average Bonchev–Trinajstić information content (AvgIpc) is 1.69. The van der Waals surface area contributed by atoms with Gasteiger partial charge in [0, 0.05) is 121 Å². The molecule has 3 atom stereocenters. The van der Waals surface area contributed by atoms with E-state index >= 15 is 0 Å². The van der Waals surface area contributed by atoms with Gasteiger partial charge >= 0.3 is 44.5 Å². The van der Waals surface area contributed by atoms with Crippen molar-refractivity contribution in [2.24, 2.45) is 5.92 Å². The number of aromatic nitrogens is 8. The molecular formula is C85H101N21O17S4. The van der Waals surface area contributed by atoms with Crippen molar-refractivity contribution in [3.8, 4) is 39.5 Å². The first-order valence-electron chi connectivity index (χ1n) is 41.4. The number of likely N-dealkylation sites (N-methyl/N-ethyl adjacent to an activating group) is 3. The van der Waals surface area contributed by atoms with Crippen LogP contribution < -0.4 is 44.9 Å². The van der Waals surface area contributed by atoms with Crippen LogP contribution in [0.3, 0.4) is 0 Å². The molecule has 4 aliphatic carbocycles. The number of rotatable bonds is 21. The average molecular weight is 1820 g/mol. The molecule has 38 nitrogen and oxygen atoms in total. The van der Waals surface area contributed by atoms with Crippen LogP contribution in [0.2, 0.25) is 0 Å². The molecular weight excluding hydrogens is 1720 g/mol. The maximum Gasteiger partial charge on any atom is 0.334 e. The fourth-order valence-corrected chi connectivity index (χ4v) is 20.4. The number of likely N-dealkylation sites (tertiary alicyclic amines) is 2. The fraction of sp³-hybridized carbons (Fsp3) is 0.400. The maximum absolute atomic E-state index is 13.0. The molecule has 3 unspecified atom stereocenters. The normalized spacial score (nSPS) is 17.3. The summed E-state index contributed by atoms with van der Waals surface area (Å²) in [7, 11) is -9.45. The van der Waals surface area contributed by atoms with E-state index in [9.17, 15) is 63.1 Å². The van der Waals surface area contributed by atoms with Crippen molar-refractivity contribution in [2.45, 2.75) is 164 Å². The Morgan fingerprint density at radius 3 is 1.57 bits per heavy atom.